The van der Waals surface area contributed by atoms with Crippen LogP contribution >= 0.6 is 0 Å². The minimum absolute atomic E-state index is 0.980. The van der Waals surface area contributed by atoms with Gasteiger partial charge < -0.3 is 0 Å². The van der Waals surface area contributed by atoms with E-state index in [1.807, 2.05) is 0 Å². The van der Waals surface area contributed by atoms with Crippen LogP contribution in [0.2, 0.25) is 0 Å². The van der Waals surface area contributed by atoms with E-state index in [-0.39, 0.29) is 0 Å². The molecule has 3 aromatic rings. The molecule has 0 bridgehead atoms. The number of fused-ring (bicyclic) bond motifs is 2. The maximum atomic E-state index is 5.02. The molecule has 2 nitrogen and oxygen atoms in total. The second kappa shape index (κ2) is 5.63. The Labute approximate surface area is 153 Å². The molecule has 26 heavy (non-hydrogen) atoms. The van der Waals surface area contributed by atoms with Crippen LogP contribution in [0.3, 0.4) is 0 Å². The van der Waals surface area contributed by atoms with Gasteiger partial charge in [-0.3, -0.25) is 0 Å². The topological polar surface area (TPSA) is 15.4 Å². The molecule has 0 aromatic heterocycles. The Morgan fingerprint density at radius 1 is 0.692 bits per heavy atom. The number of hydrogen-bond donors (Lipinski definition) is 0. The number of hydrogen-bond acceptors (Lipinski definition) is 1. The lowest BCUT2D eigenvalue weighted by Gasteiger charge is -2.17. The SMILES string of the molecule is CC1=[N+](c2ccccc2C)c2ccccc2-c2cccc3c2C(=N1)C=C3. The summed E-state index contributed by atoms with van der Waals surface area (Å²) in [5.41, 5.74) is 9.58. The smallest absolute Gasteiger partial charge is 0.193 e. The highest BCUT2D eigenvalue weighted by Gasteiger charge is 2.29. The van der Waals surface area contributed by atoms with Gasteiger partial charge in [0, 0.05) is 18.1 Å². The van der Waals surface area contributed by atoms with Crippen molar-refractivity contribution in [3.63, 3.8) is 0 Å². The van der Waals surface area contributed by atoms with Crippen LogP contribution in [0.4, 0.5) is 11.4 Å². The van der Waals surface area contributed by atoms with Crippen molar-refractivity contribution in [2.24, 2.45) is 4.99 Å². The molecule has 0 spiro atoms. The number of para-hydroxylation sites is 2. The van der Waals surface area contributed by atoms with Gasteiger partial charge >= 0.3 is 5.84 Å². The highest BCUT2D eigenvalue weighted by atomic mass is 15.1. The fraction of sp³-hybridized carbons (Fsp3) is 0.0833. The molecule has 0 fully saturated rings. The van der Waals surface area contributed by atoms with E-state index in [9.17, 15) is 0 Å². The summed E-state index contributed by atoms with van der Waals surface area (Å²) in [4.78, 5) is 5.02. The van der Waals surface area contributed by atoms with Crippen LogP contribution in [-0.2, 0) is 0 Å². The van der Waals surface area contributed by atoms with Crippen LogP contribution in [0.1, 0.15) is 23.6 Å². The molecule has 1 aliphatic heterocycles. The predicted octanol–water partition coefficient (Wildman–Crippen LogP) is 5.74. The molecule has 0 unspecified atom stereocenters. The second-order valence-corrected chi connectivity index (χ2v) is 6.79. The van der Waals surface area contributed by atoms with E-state index in [4.69, 9.17) is 4.99 Å². The van der Waals surface area contributed by atoms with Crippen molar-refractivity contribution in [3.8, 4) is 11.1 Å². The minimum atomic E-state index is 0.980. The van der Waals surface area contributed by atoms with E-state index in [0.29, 0.717) is 0 Å². The van der Waals surface area contributed by atoms with Gasteiger partial charge in [0.15, 0.2) is 5.71 Å². The van der Waals surface area contributed by atoms with E-state index >= 15 is 0 Å². The van der Waals surface area contributed by atoms with Gasteiger partial charge in [-0.05, 0) is 52.9 Å². The zero-order valence-corrected chi connectivity index (χ0v) is 14.9. The summed E-state index contributed by atoms with van der Waals surface area (Å²) in [7, 11) is 0. The first-order valence-electron chi connectivity index (χ1n) is 8.93. The number of nitrogens with zero attached hydrogens (tertiary/aromatic N) is 2. The standard InChI is InChI=1S/C24H19N2/c1-16-8-3-5-12-22(16)26-17(2)25-21-15-14-18-9-7-11-20(24(18)21)19-10-4-6-13-23(19)26/h3-15H,1-2H3/q+1. The van der Waals surface area contributed by atoms with E-state index < -0.39 is 0 Å². The van der Waals surface area contributed by atoms with Crippen LogP contribution < -0.4 is 4.58 Å². The summed E-state index contributed by atoms with van der Waals surface area (Å²) in [6, 6.07) is 23.6. The van der Waals surface area contributed by atoms with Gasteiger partial charge in [0.2, 0.25) is 0 Å². The van der Waals surface area contributed by atoms with Crippen LogP contribution in [0.25, 0.3) is 17.2 Å². The summed E-state index contributed by atoms with van der Waals surface area (Å²) < 4.78 is 2.28. The quantitative estimate of drug-likeness (QED) is 0.504. The largest absolute Gasteiger partial charge is 0.301 e. The fourth-order valence-corrected chi connectivity index (χ4v) is 3.98. The lowest BCUT2D eigenvalue weighted by atomic mass is 9.93. The zero-order chi connectivity index (χ0) is 17.7. The molecule has 1 heterocycles. The van der Waals surface area contributed by atoms with Crippen molar-refractivity contribution in [1.82, 2.24) is 4.58 Å². The molecule has 0 N–H and O–H groups in total. The second-order valence-electron chi connectivity index (χ2n) is 6.79. The van der Waals surface area contributed by atoms with Crippen molar-refractivity contribution in [2.75, 3.05) is 0 Å². The molecule has 2 heteroatoms. The third-order valence-electron chi connectivity index (χ3n) is 5.17. The molecular weight excluding hydrogens is 316 g/mol. The van der Waals surface area contributed by atoms with E-state index in [1.165, 1.54) is 39.2 Å². The van der Waals surface area contributed by atoms with Gasteiger partial charge in [0.1, 0.15) is 11.4 Å². The summed E-state index contributed by atoms with van der Waals surface area (Å²) >= 11 is 0. The van der Waals surface area contributed by atoms with Gasteiger partial charge in [-0.25, -0.2) is 0 Å². The summed E-state index contributed by atoms with van der Waals surface area (Å²) in [5, 5.41) is 0. The van der Waals surface area contributed by atoms with Crippen molar-refractivity contribution in [1.29, 1.82) is 0 Å². The number of benzene rings is 3. The van der Waals surface area contributed by atoms with Gasteiger partial charge in [0.25, 0.3) is 0 Å². The average molecular weight is 335 g/mol. The van der Waals surface area contributed by atoms with Gasteiger partial charge in [-0.15, -0.1) is 0 Å². The Kier molecular flexibility index (Phi) is 3.26. The molecule has 5 rings (SSSR count). The average Bonchev–Trinajstić information content (AvgIpc) is 3.06. The lowest BCUT2D eigenvalue weighted by Crippen LogP contribution is -2.18. The van der Waals surface area contributed by atoms with Crippen molar-refractivity contribution in [2.45, 2.75) is 13.8 Å². The third-order valence-corrected chi connectivity index (χ3v) is 5.17. The summed E-state index contributed by atoms with van der Waals surface area (Å²) in [6.07, 6.45) is 4.29. The molecule has 0 amide bonds. The molecular formula is C24H19N2+. The molecule has 1 aliphatic carbocycles. The Bertz CT molecular complexity index is 1150. The first-order chi connectivity index (χ1) is 12.7. The Morgan fingerprint density at radius 3 is 2.27 bits per heavy atom. The molecule has 0 atom stereocenters. The Morgan fingerprint density at radius 2 is 1.42 bits per heavy atom. The summed E-state index contributed by atoms with van der Waals surface area (Å²) in [5.74, 6) is 0.980. The maximum absolute atomic E-state index is 5.02. The first kappa shape index (κ1) is 15.0. The number of allylic oxidation sites excluding steroid dienone is 1. The van der Waals surface area contributed by atoms with Gasteiger partial charge in [0.05, 0.1) is 0 Å². The van der Waals surface area contributed by atoms with E-state index in [0.717, 1.165) is 11.5 Å². The highest BCUT2D eigenvalue weighted by molar-refractivity contribution is 6.24. The Hall–Kier alpha value is -3.26. The molecule has 124 valence electrons. The lowest BCUT2D eigenvalue weighted by molar-refractivity contribution is 1.05. The number of aliphatic imine (C=N–C) groups is 1. The van der Waals surface area contributed by atoms with E-state index in [2.05, 4.69) is 97.3 Å². The van der Waals surface area contributed by atoms with Crippen LogP contribution in [0.5, 0.6) is 0 Å². The molecule has 0 saturated carbocycles. The number of aryl methyl sites for hydroxylation is 1. The molecule has 3 aromatic carbocycles. The molecule has 0 radical (unpaired) electrons. The Balaban J connectivity index is 1.92. The van der Waals surface area contributed by atoms with Gasteiger partial charge in [-0.2, -0.15) is 4.58 Å². The molecule has 0 saturated heterocycles. The normalized spacial score (nSPS) is 14.5. The summed E-state index contributed by atoms with van der Waals surface area (Å²) in [6.45, 7) is 4.24. The minimum Gasteiger partial charge on any atom is -0.193 e. The van der Waals surface area contributed by atoms with Crippen LogP contribution in [0, 0.1) is 6.92 Å². The van der Waals surface area contributed by atoms with E-state index in [1.54, 1.807) is 0 Å². The fourth-order valence-electron chi connectivity index (χ4n) is 3.98. The van der Waals surface area contributed by atoms with Crippen LogP contribution in [-0.4, -0.2) is 11.5 Å². The third kappa shape index (κ3) is 2.12. The molecule has 2 aliphatic rings. The van der Waals surface area contributed by atoms with Crippen molar-refractivity contribution in [3.05, 3.63) is 89.5 Å². The number of amidine groups is 1. The van der Waals surface area contributed by atoms with Crippen molar-refractivity contribution < 1.29 is 0 Å². The van der Waals surface area contributed by atoms with Crippen molar-refractivity contribution >= 4 is 29.0 Å². The zero-order valence-electron chi connectivity index (χ0n) is 14.9. The predicted molar refractivity (Wildman–Crippen MR) is 111 cm³/mol. The monoisotopic (exact) mass is 335 g/mol. The highest BCUT2D eigenvalue weighted by Crippen LogP contribution is 2.39. The number of rotatable bonds is 1. The van der Waals surface area contributed by atoms with Gasteiger partial charge in [-0.1, -0.05) is 54.6 Å². The first-order valence-corrected chi connectivity index (χ1v) is 8.93. The maximum Gasteiger partial charge on any atom is 0.301 e. The van der Waals surface area contributed by atoms with Crippen LogP contribution in [0.15, 0.2) is 77.8 Å².